The maximum atomic E-state index is 12.9. The molecule has 0 bridgehead atoms. The van der Waals surface area contributed by atoms with E-state index in [4.69, 9.17) is 4.74 Å². The van der Waals surface area contributed by atoms with Gasteiger partial charge in [0.25, 0.3) is 6.43 Å². The zero-order valence-corrected chi connectivity index (χ0v) is 15.5. The molecular formula is C19H21F2N5O2. The Kier molecular flexibility index (Phi) is 4.84. The molecule has 1 aliphatic rings. The van der Waals surface area contributed by atoms with E-state index >= 15 is 0 Å². The molecule has 4 rings (SSSR count). The minimum absolute atomic E-state index is 0.157. The number of nitrogens with one attached hydrogen (secondary N) is 2. The van der Waals surface area contributed by atoms with Crippen molar-refractivity contribution in [3.63, 3.8) is 0 Å². The SMILES string of the molecule is CC(C)n1nccc1[C@H]1OCC[C@@H]1C(=O)Nc1ccc2nc(C(F)F)[nH]c2c1. The molecule has 2 N–H and O–H groups in total. The minimum Gasteiger partial charge on any atom is -0.371 e. The number of carbonyl (C=O) groups is 1. The topological polar surface area (TPSA) is 84.8 Å². The number of H-pyrrole nitrogens is 1. The number of fused-ring (bicyclic) bond motifs is 1. The van der Waals surface area contributed by atoms with E-state index in [1.54, 1.807) is 24.4 Å². The molecule has 1 fully saturated rings. The summed E-state index contributed by atoms with van der Waals surface area (Å²) in [5.41, 5.74) is 2.27. The van der Waals surface area contributed by atoms with Gasteiger partial charge < -0.3 is 15.0 Å². The van der Waals surface area contributed by atoms with E-state index in [0.29, 0.717) is 29.7 Å². The number of carbonyl (C=O) groups excluding carboxylic acids is 1. The molecule has 0 aliphatic carbocycles. The number of anilines is 1. The van der Waals surface area contributed by atoms with Crippen LogP contribution in [0.2, 0.25) is 0 Å². The molecule has 0 unspecified atom stereocenters. The van der Waals surface area contributed by atoms with Gasteiger partial charge in [0.1, 0.15) is 6.10 Å². The van der Waals surface area contributed by atoms with Crippen LogP contribution in [-0.4, -0.2) is 32.3 Å². The number of aromatic nitrogens is 4. The number of ether oxygens (including phenoxy) is 1. The molecule has 1 aliphatic heterocycles. The maximum Gasteiger partial charge on any atom is 0.295 e. The van der Waals surface area contributed by atoms with Crippen molar-refractivity contribution < 1.29 is 18.3 Å². The first-order valence-electron chi connectivity index (χ1n) is 9.17. The van der Waals surface area contributed by atoms with Crippen LogP contribution in [0.3, 0.4) is 0 Å². The first-order chi connectivity index (χ1) is 13.4. The molecule has 1 amide bonds. The van der Waals surface area contributed by atoms with Gasteiger partial charge in [-0.25, -0.2) is 13.8 Å². The number of hydrogen-bond acceptors (Lipinski definition) is 4. The van der Waals surface area contributed by atoms with Crippen LogP contribution in [0.1, 0.15) is 50.4 Å². The average molecular weight is 389 g/mol. The zero-order valence-electron chi connectivity index (χ0n) is 15.5. The van der Waals surface area contributed by atoms with Gasteiger partial charge in [0.05, 0.1) is 22.6 Å². The van der Waals surface area contributed by atoms with Crippen LogP contribution in [-0.2, 0) is 9.53 Å². The van der Waals surface area contributed by atoms with E-state index in [2.05, 4.69) is 20.4 Å². The fourth-order valence-corrected chi connectivity index (χ4v) is 3.58. The second-order valence-electron chi connectivity index (χ2n) is 7.12. The van der Waals surface area contributed by atoms with Crippen molar-refractivity contribution in [3.8, 4) is 0 Å². The van der Waals surface area contributed by atoms with Gasteiger partial charge in [0.15, 0.2) is 5.82 Å². The Morgan fingerprint density at radius 1 is 1.36 bits per heavy atom. The number of imidazole rings is 1. The normalized spacial score (nSPS) is 19.8. The number of rotatable bonds is 5. The first-order valence-corrected chi connectivity index (χ1v) is 9.17. The molecule has 7 nitrogen and oxygen atoms in total. The van der Waals surface area contributed by atoms with E-state index in [1.807, 2.05) is 24.6 Å². The van der Waals surface area contributed by atoms with Crippen LogP contribution in [0.4, 0.5) is 14.5 Å². The highest BCUT2D eigenvalue weighted by molar-refractivity contribution is 5.95. The highest BCUT2D eigenvalue weighted by Crippen LogP contribution is 2.36. The van der Waals surface area contributed by atoms with Gasteiger partial charge >= 0.3 is 0 Å². The molecule has 1 saturated heterocycles. The molecule has 2 atom stereocenters. The maximum absolute atomic E-state index is 12.9. The fourth-order valence-electron chi connectivity index (χ4n) is 3.58. The average Bonchev–Trinajstić information content (AvgIpc) is 3.38. The van der Waals surface area contributed by atoms with E-state index in [1.165, 1.54) is 0 Å². The predicted molar refractivity (Wildman–Crippen MR) is 99.1 cm³/mol. The molecule has 1 aromatic carbocycles. The molecule has 3 aromatic rings. The largest absolute Gasteiger partial charge is 0.371 e. The Labute approximate surface area is 160 Å². The third-order valence-corrected chi connectivity index (χ3v) is 4.88. The fraction of sp³-hybridized carbons (Fsp3) is 0.421. The summed E-state index contributed by atoms with van der Waals surface area (Å²) in [6.07, 6.45) is -0.737. The van der Waals surface area contributed by atoms with Gasteiger partial charge in [-0.05, 0) is 44.5 Å². The summed E-state index contributed by atoms with van der Waals surface area (Å²) in [6, 6.07) is 6.89. The summed E-state index contributed by atoms with van der Waals surface area (Å²) in [7, 11) is 0. The van der Waals surface area contributed by atoms with Crippen LogP contribution in [0.25, 0.3) is 11.0 Å². The summed E-state index contributed by atoms with van der Waals surface area (Å²) in [5.74, 6) is -0.917. The monoisotopic (exact) mass is 389 g/mol. The van der Waals surface area contributed by atoms with Gasteiger partial charge in [-0.3, -0.25) is 9.48 Å². The first kappa shape index (κ1) is 18.5. The summed E-state index contributed by atoms with van der Waals surface area (Å²) in [5, 5.41) is 7.19. The zero-order chi connectivity index (χ0) is 19.8. The Bertz CT molecular complexity index is 997. The number of benzene rings is 1. The molecule has 0 radical (unpaired) electrons. The van der Waals surface area contributed by atoms with Crippen molar-refractivity contribution >= 4 is 22.6 Å². The predicted octanol–water partition coefficient (Wildman–Crippen LogP) is 3.99. The lowest BCUT2D eigenvalue weighted by molar-refractivity contribution is -0.121. The number of amides is 1. The number of hydrogen-bond donors (Lipinski definition) is 2. The molecule has 3 heterocycles. The Morgan fingerprint density at radius 3 is 2.93 bits per heavy atom. The van der Waals surface area contributed by atoms with Gasteiger partial charge in [-0.1, -0.05) is 0 Å². The highest BCUT2D eigenvalue weighted by atomic mass is 19.3. The quantitative estimate of drug-likeness (QED) is 0.691. The van der Waals surface area contributed by atoms with Crippen molar-refractivity contribution in [1.82, 2.24) is 19.7 Å². The Balaban J connectivity index is 1.54. The molecule has 2 aromatic heterocycles. The molecule has 0 saturated carbocycles. The molecule has 0 spiro atoms. The lowest BCUT2D eigenvalue weighted by atomic mass is 9.97. The third kappa shape index (κ3) is 3.37. The van der Waals surface area contributed by atoms with Gasteiger partial charge in [0, 0.05) is 24.5 Å². The number of nitrogens with zero attached hydrogens (tertiary/aromatic N) is 3. The van der Waals surface area contributed by atoms with Gasteiger partial charge in [-0.15, -0.1) is 0 Å². The van der Waals surface area contributed by atoms with E-state index < -0.39 is 6.43 Å². The van der Waals surface area contributed by atoms with Gasteiger partial charge in [0.2, 0.25) is 5.91 Å². The van der Waals surface area contributed by atoms with Gasteiger partial charge in [-0.2, -0.15) is 5.10 Å². The Morgan fingerprint density at radius 2 is 2.18 bits per heavy atom. The van der Waals surface area contributed by atoms with E-state index in [0.717, 1.165) is 5.69 Å². The number of alkyl halides is 2. The van der Waals surface area contributed by atoms with Crippen LogP contribution < -0.4 is 5.32 Å². The highest BCUT2D eigenvalue weighted by Gasteiger charge is 2.37. The van der Waals surface area contributed by atoms with E-state index in [9.17, 15) is 13.6 Å². The standard InChI is InChI=1S/C19H21F2N5O2/c1-10(2)26-15(5-7-22-26)16-12(6-8-28-16)19(27)23-11-3-4-13-14(9-11)25-18(24-13)17(20)21/h3-5,7,9-10,12,16-17H,6,8H2,1-2H3,(H,23,27)(H,24,25)/t12-,16-/m0/s1. The summed E-state index contributed by atoms with van der Waals surface area (Å²) < 4.78 is 33.3. The lowest BCUT2D eigenvalue weighted by Gasteiger charge is -2.21. The van der Waals surface area contributed by atoms with Crippen LogP contribution in [0, 0.1) is 5.92 Å². The summed E-state index contributed by atoms with van der Waals surface area (Å²) in [6.45, 7) is 4.53. The second kappa shape index (κ2) is 7.31. The summed E-state index contributed by atoms with van der Waals surface area (Å²) in [4.78, 5) is 19.3. The van der Waals surface area contributed by atoms with Crippen molar-refractivity contribution in [2.45, 2.75) is 38.8 Å². The van der Waals surface area contributed by atoms with Crippen LogP contribution in [0.15, 0.2) is 30.5 Å². The molecule has 148 valence electrons. The molecule has 9 heteroatoms. The van der Waals surface area contributed by atoms with Crippen molar-refractivity contribution in [2.24, 2.45) is 5.92 Å². The Hall–Kier alpha value is -2.81. The lowest BCUT2D eigenvalue weighted by Crippen LogP contribution is -2.27. The second-order valence-corrected chi connectivity index (χ2v) is 7.12. The van der Waals surface area contributed by atoms with E-state index in [-0.39, 0.29) is 29.8 Å². The summed E-state index contributed by atoms with van der Waals surface area (Å²) >= 11 is 0. The minimum atomic E-state index is -2.67. The number of aromatic amines is 1. The van der Waals surface area contributed by atoms with Crippen molar-refractivity contribution in [3.05, 3.63) is 42.0 Å². The van der Waals surface area contributed by atoms with Crippen LogP contribution >= 0.6 is 0 Å². The molecule has 28 heavy (non-hydrogen) atoms. The smallest absolute Gasteiger partial charge is 0.295 e. The van der Waals surface area contributed by atoms with Crippen LogP contribution in [0.5, 0.6) is 0 Å². The third-order valence-electron chi connectivity index (χ3n) is 4.88. The van der Waals surface area contributed by atoms with Crippen molar-refractivity contribution in [2.75, 3.05) is 11.9 Å². The molecular weight excluding hydrogens is 368 g/mol. The van der Waals surface area contributed by atoms with Crippen molar-refractivity contribution in [1.29, 1.82) is 0 Å². The number of halogens is 2.